The summed E-state index contributed by atoms with van der Waals surface area (Å²) in [4.78, 5) is 0. The fraction of sp³-hybridized carbons (Fsp3) is 0.789. The third-order valence-corrected chi connectivity index (χ3v) is 4.50. The smallest absolute Gasteiger partial charge is 0.0929 e. The number of allylic oxidation sites excluding steroid dienone is 3. The molecule has 3 N–H and O–H groups in total. The van der Waals surface area contributed by atoms with Gasteiger partial charge in [0.05, 0.1) is 6.54 Å². The largest absolute Gasteiger partial charge is 1.00 e. The molecule has 0 unspecified atom stereocenters. The van der Waals surface area contributed by atoms with Gasteiger partial charge in [0.15, 0.2) is 0 Å². The number of rotatable bonds is 11. The Hall–Kier alpha value is -0.270. The molecule has 0 aliphatic rings. The minimum Gasteiger partial charge on any atom is -1.00 e. The van der Waals surface area contributed by atoms with Crippen molar-refractivity contribution in [3.8, 4) is 0 Å². The normalized spacial score (nSPS) is 13.2. The zero-order valence-corrected chi connectivity index (χ0v) is 15.9. The van der Waals surface area contributed by atoms with Gasteiger partial charge in [0.1, 0.15) is 0 Å². The summed E-state index contributed by atoms with van der Waals surface area (Å²) in [6, 6.07) is 0. The third-order valence-electron chi connectivity index (χ3n) is 4.50. The maximum Gasteiger partial charge on any atom is 0.0929 e. The van der Waals surface area contributed by atoms with Crippen molar-refractivity contribution in [2.24, 2.45) is 5.41 Å². The quantitative estimate of drug-likeness (QED) is 0.567. The highest BCUT2D eigenvalue weighted by Crippen LogP contribution is 2.42. The van der Waals surface area contributed by atoms with E-state index in [2.05, 4.69) is 52.5 Å². The van der Waals surface area contributed by atoms with E-state index in [1.807, 2.05) is 0 Å². The first-order valence-corrected chi connectivity index (χ1v) is 8.68. The van der Waals surface area contributed by atoms with Gasteiger partial charge in [0.2, 0.25) is 0 Å². The fourth-order valence-corrected chi connectivity index (χ4v) is 3.48. The Morgan fingerprint density at radius 3 is 1.76 bits per heavy atom. The number of hydrogen-bond acceptors (Lipinski definition) is 0. The summed E-state index contributed by atoms with van der Waals surface area (Å²) in [7, 11) is 0. The molecule has 0 amide bonds. The Balaban J connectivity index is 0. The zero-order valence-electron chi connectivity index (χ0n) is 15.1. The van der Waals surface area contributed by atoms with E-state index in [-0.39, 0.29) is 12.4 Å². The summed E-state index contributed by atoms with van der Waals surface area (Å²) < 4.78 is 0. The maximum atomic E-state index is 3.89. The molecule has 0 spiro atoms. The predicted molar refractivity (Wildman–Crippen MR) is 91.7 cm³/mol. The molecule has 0 aliphatic carbocycles. The molecular weight excluding hydrogens is 278 g/mol. The van der Waals surface area contributed by atoms with Crippen LogP contribution in [-0.2, 0) is 0 Å². The summed E-state index contributed by atoms with van der Waals surface area (Å²) in [5, 5.41) is 0. The molecule has 0 saturated heterocycles. The van der Waals surface area contributed by atoms with Crippen LogP contribution in [0.25, 0.3) is 0 Å². The van der Waals surface area contributed by atoms with Gasteiger partial charge in [-0.15, -0.1) is 0 Å². The highest BCUT2D eigenvalue weighted by Gasteiger charge is 2.28. The number of hydrogen-bond donors (Lipinski definition) is 1. The minimum atomic E-state index is 0. The second-order valence-corrected chi connectivity index (χ2v) is 6.30. The number of quaternary nitrogens is 1. The number of halogens is 1. The molecule has 0 rings (SSSR count). The highest BCUT2D eigenvalue weighted by molar-refractivity contribution is 5.13. The van der Waals surface area contributed by atoms with Crippen LogP contribution in [0.2, 0.25) is 0 Å². The highest BCUT2D eigenvalue weighted by atomic mass is 35.5. The van der Waals surface area contributed by atoms with Gasteiger partial charge in [0, 0.05) is 0 Å². The second kappa shape index (κ2) is 13.4. The van der Waals surface area contributed by atoms with Gasteiger partial charge >= 0.3 is 0 Å². The van der Waals surface area contributed by atoms with Crippen molar-refractivity contribution in [2.75, 3.05) is 6.54 Å². The van der Waals surface area contributed by atoms with Crippen molar-refractivity contribution in [2.45, 2.75) is 86.0 Å². The first-order valence-electron chi connectivity index (χ1n) is 8.68. The molecule has 21 heavy (non-hydrogen) atoms. The van der Waals surface area contributed by atoms with Crippen molar-refractivity contribution in [3.05, 3.63) is 23.3 Å². The first-order chi connectivity index (χ1) is 9.56. The molecule has 0 radical (unpaired) electrons. The van der Waals surface area contributed by atoms with Crippen LogP contribution >= 0.6 is 0 Å². The van der Waals surface area contributed by atoms with Crippen molar-refractivity contribution >= 4 is 0 Å². The van der Waals surface area contributed by atoms with Crippen LogP contribution in [-0.4, -0.2) is 6.54 Å². The summed E-state index contributed by atoms with van der Waals surface area (Å²) in [6.45, 7) is 12.5. The second-order valence-electron chi connectivity index (χ2n) is 6.30. The van der Waals surface area contributed by atoms with E-state index in [1.165, 1.54) is 56.9 Å². The van der Waals surface area contributed by atoms with Crippen molar-refractivity contribution in [1.82, 2.24) is 0 Å². The lowest BCUT2D eigenvalue weighted by atomic mass is 9.70. The summed E-state index contributed by atoms with van der Waals surface area (Å²) in [6.07, 6.45) is 15.1. The van der Waals surface area contributed by atoms with Crippen molar-refractivity contribution in [3.63, 3.8) is 0 Å². The van der Waals surface area contributed by atoms with E-state index in [0.717, 1.165) is 6.54 Å². The minimum absolute atomic E-state index is 0. The Morgan fingerprint density at radius 2 is 1.38 bits per heavy atom. The summed E-state index contributed by atoms with van der Waals surface area (Å²) in [5.74, 6) is 0. The lowest BCUT2D eigenvalue weighted by Crippen LogP contribution is -3.00. The molecule has 0 atom stereocenters. The summed E-state index contributed by atoms with van der Waals surface area (Å²) in [5.41, 5.74) is 7.49. The van der Waals surface area contributed by atoms with E-state index >= 15 is 0 Å². The Morgan fingerprint density at radius 1 is 0.905 bits per heavy atom. The van der Waals surface area contributed by atoms with E-state index in [4.69, 9.17) is 0 Å². The monoisotopic (exact) mass is 315 g/mol. The van der Waals surface area contributed by atoms with Gasteiger partial charge < -0.3 is 18.1 Å². The molecule has 0 heterocycles. The Bertz CT molecular complexity index is 288. The molecule has 1 nitrogen and oxygen atoms in total. The average molecular weight is 316 g/mol. The third kappa shape index (κ3) is 8.68. The lowest BCUT2D eigenvalue weighted by Gasteiger charge is -2.35. The van der Waals surface area contributed by atoms with Gasteiger partial charge in [-0.25, -0.2) is 0 Å². The standard InChI is InChI=1S/C19H37N.ClH/c1-6-13-19(14-7-2,15-8-3)18(5)11-9-10-17(4)12-16-20;/h11-12H,6-10,13-16,20H2,1-5H3;1H/b17-12+,18-11?;. The van der Waals surface area contributed by atoms with E-state index in [9.17, 15) is 0 Å². The topological polar surface area (TPSA) is 27.6 Å². The molecule has 126 valence electrons. The molecule has 0 fully saturated rings. The SMILES string of the molecule is CCCC(CCC)(CCC)C(C)=CCC/C(C)=C/C[NH3+].[Cl-]. The maximum absolute atomic E-state index is 3.89. The molecular formula is C19H38ClN. The van der Waals surface area contributed by atoms with Crippen molar-refractivity contribution in [1.29, 1.82) is 0 Å². The van der Waals surface area contributed by atoms with Crippen LogP contribution < -0.4 is 18.1 Å². The van der Waals surface area contributed by atoms with E-state index in [1.54, 1.807) is 5.57 Å². The van der Waals surface area contributed by atoms with Gasteiger partial charge in [-0.2, -0.15) is 0 Å². The summed E-state index contributed by atoms with van der Waals surface area (Å²) >= 11 is 0. The Kier molecular flexibility index (Phi) is 14.7. The van der Waals surface area contributed by atoms with Gasteiger partial charge in [-0.3, -0.25) is 0 Å². The molecule has 0 aromatic rings. The van der Waals surface area contributed by atoms with Crippen LogP contribution in [0.1, 0.15) is 86.0 Å². The van der Waals surface area contributed by atoms with Crippen LogP contribution in [0.5, 0.6) is 0 Å². The zero-order chi connectivity index (χ0) is 15.4. The van der Waals surface area contributed by atoms with Gasteiger partial charge in [-0.05, 0) is 57.4 Å². The lowest BCUT2D eigenvalue weighted by molar-refractivity contribution is -0.352. The molecule has 0 aromatic heterocycles. The van der Waals surface area contributed by atoms with Crippen LogP contribution in [0.4, 0.5) is 0 Å². The fourth-order valence-electron chi connectivity index (χ4n) is 3.48. The van der Waals surface area contributed by atoms with Gasteiger partial charge in [-0.1, -0.05) is 57.3 Å². The van der Waals surface area contributed by atoms with Crippen LogP contribution in [0, 0.1) is 5.41 Å². The molecule has 0 saturated carbocycles. The average Bonchev–Trinajstić information content (AvgIpc) is 2.39. The van der Waals surface area contributed by atoms with Crippen molar-refractivity contribution < 1.29 is 18.1 Å². The van der Waals surface area contributed by atoms with E-state index < -0.39 is 0 Å². The van der Waals surface area contributed by atoms with Gasteiger partial charge in [0.25, 0.3) is 0 Å². The first kappa shape index (κ1) is 23.0. The molecule has 0 bridgehead atoms. The molecule has 0 aromatic carbocycles. The molecule has 2 heteroatoms. The Labute approximate surface area is 139 Å². The predicted octanol–water partition coefficient (Wildman–Crippen LogP) is 2.29. The van der Waals surface area contributed by atoms with Crippen LogP contribution in [0.3, 0.4) is 0 Å². The van der Waals surface area contributed by atoms with E-state index in [0.29, 0.717) is 5.41 Å². The molecule has 0 aliphatic heterocycles. The van der Waals surface area contributed by atoms with Crippen LogP contribution in [0.15, 0.2) is 23.3 Å².